The first-order valence-corrected chi connectivity index (χ1v) is 7.03. The SMILES string of the molecule is CSC(SC)=C1CCC(C)C1(C)O. The van der Waals surface area contributed by atoms with Crippen molar-refractivity contribution in [2.45, 2.75) is 32.3 Å². The van der Waals surface area contributed by atoms with Crippen molar-refractivity contribution < 1.29 is 5.11 Å². The fraction of sp³-hybridized carbons (Fsp3) is 0.800. The average Bonchev–Trinajstić information content (AvgIpc) is 2.34. The van der Waals surface area contributed by atoms with Gasteiger partial charge in [-0.25, -0.2) is 0 Å². The Balaban J connectivity index is 2.99. The van der Waals surface area contributed by atoms with E-state index in [2.05, 4.69) is 19.4 Å². The summed E-state index contributed by atoms with van der Waals surface area (Å²) in [5, 5.41) is 10.3. The van der Waals surface area contributed by atoms with E-state index in [1.54, 1.807) is 23.5 Å². The second-order valence-corrected chi connectivity index (χ2v) is 5.65. The minimum Gasteiger partial charge on any atom is -0.385 e. The molecule has 0 bridgehead atoms. The van der Waals surface area contributed by atoms with E-state index in [0.29, 0.717) is 5.92 Å². The Hall–Kier alpha value is 0.400. The van der Waals surface area contributed by atoms with Crippen molar-refractivity contribution in [3.8, 4) is 0 Å². The second kappa shape index (κ2) is 4.28. The molecule has 0 aliphatic heterocycles. The normalized spacial score (nSPS) is 33.9. The van der Waals surface area contributed by atoms with E-state index in [1.165, 1.54) is 9.81 Å². The van der Waals surface area contributed by atoms with Gasteiger partial charge in [-0.05, 0) is 43.8 Å². The Kier molecular flexibility index (Phi) is 3.78. The van der Waals surface area contributed by atoms with Crippen molar-refractivity contribution in [2.75, 3.05) is 12.5 Å². The van der Waals surface area contributed by atoms with E-state index in [-0.39, 0.29) is 0 Å². The highest BCUT2D eigenvalue weighted by atomic mass is 32.2. The number of aliphatic hydroxyl groups is 1. The topological polar surface area (TPSA) is 20.2 Å². The quantitative estimate of drug-likeness (QED) is 0.769. The molecule has 1 saturated carbocycles. The van der Waals surface area contributed by atoms with Crippen LogP contribution in [0.5, 0.6) is 0 Å². The van der Waals surface area contributed by atoms with Gasteiger partial charge < -0.3 is 5.11 Å². The molecule has 1 rings (SSSR count). The molecule has 76 valence electrons. The van der Waals surface area contributed by atoms with Crippen molar-refractivity contribution in [1.82, 2.24) is 0 Å². The number of thioether (sulfide) groups is 2. The van der Waals surface area contributed by atoms with E-state index in [9.17, 15) is 5.11 Å². The van der Waals surface area contributed by atoms with Gasteiger partial charge in [-0.2, -0.15) is 0 Å². The van der Waals surface area contributed by atoms with Crippen LogP contribution in [0.3, 0.4) is 0 Å². The lowest BCUT2D eigenvalue weighted by Crippen LogP contribution is -2.29. The van der Waals surface area contributed by atoms with Crippen LogP contribution in [0.4, 0.5) is 0 Å². The third kappa shape index (κ3) is 2.08. The van der Waals surface area contributed by atoms with Gasteiger partial charge in [0.05, 0.1) is 5.60 Å². The molecular weight excluding hydrogens is 200 g/mol. The molecule has 0 radical (unpaired) electrons. The first-order chi connectivity index (χ1) is 6.04. The molecule has 1 aliphatic rings. The van der Waals surface area contributed by atoms with E-state index in [4.69, 9.17) is 0 Å². The first kappa shape index (κ1) is 11.5. The van der Waals surface area contributed by atoms with Gasteiger partial charge >= 0.3 is 0 Å². The van der Waals surface area contributed by atoms with Crippen molar-refractivity contribution >= 4 is 23.5 Å². The molecule has 0 amide bonds. The van der Waals surface area contributed by atoms with Gasteiger partial charge in [0, 0.05) is 4.24 Å². The summed E-state index contributed by atoms with van der Waals surface area (Å²) in [5.74, 6) is 0.400. The first-order valence-electron chi connectivity index (χ1n) is 4.58. The van der Waals surface area contributed by atoms with Crippen LogP contribution < -0.4 is 0 Å². The van der Waals surface area contributed by atoms with Crippen LogP contribution in [0.15, 0.2) is 9.81 Å². The summed E-state index contributed by atoms with van der Waals surface area (Å²) in [7, 11) is 0. The number of hydrogen-bond acceptors (Lipinski definition) is 3. The van der Waals surface area contributed by atoms with Crippen LogP contribution in [0.25, 0.3) is 0 Å². The summed E-state index contributed by atoms with van der Waals surface area (Å²) < 4.78 is 1.30. The van der Waals surface area contributed by atoms with Gasteiger partial charge in [0.2, 0.25) is 0 Å². The molecule has 0 aromatic heterocycles. The molecule has 0 heterocycles. The highest BCUT2D eigenvalue weighted by Crippen LogP contribution is 2.45. The monoisotopic (exact) mass is 218 g/mol. The van der Waals surface area contributed by atoms with Crippen molar-refractivity contribution in [3.05, 3.63) is 9.81 Å². The fourth-order valence-corrected chi connectivity index (χ4v) is 3.61. The number of rotatable bonds is 2. The molecule has 1 aliphatic carbocycles. The summed E-state index contributed by atoms with van der Waals surface area (Å²) in [6.45, 7) is 4.08. The van der Waals surface area contributed by atoms with E-state index in [1.807, 2.05) is 6.92 Å². The second-order valence-electron chi connectivity index (χ2n) is 3.76. The molecule has 0 aromatic rings. The van der Waals surface area contributed by atoms with Crippen molar-refractivity contribution in [3.63, 3.8) is 0 Å². The molecule has 0 spiro atoms. The smallest absolute Gasteiger partial charge is 0.0873 e. The zero-order chi connectivity index (χ0) is 10.1. The van der Waals surface area contributed by atoms with Crippen molar-refractivity contribution in [2.24, 2.45) is 5.92 Å². The summed E-state index contributed by atoms with van der Waals surface area (Å²) in [4.78, 5) is 0. The molecule has 2 atom stereocenters. The summed E-state index contributed by atoms with van der Waals surface area (Å²) in [6, 6.07) is 0. The summed E-state index contributed by atoms with van der Waals surface area (Å²) in [6.07, 6.45) is 6.34. The van der Waals surface area contributed by atoms with Crippen LogP contribution in [0, 0.1) is 5.92 Å². The largest absolute Gasteiger partial charge is 0.385 e. The van der Waals surface area contributed by atoms with Crippen LogP contribution in [-0.2, 0) is 0 Å². The maximum absolute atomic E-state index is 10.3. The Labute approximate surface area is 89.4 Å². The minimum absolute atomic E-state index is 0.400. The standard InChI is InChI=1S/C10H18OS2/c1-7-5-6-8(10(7,2)11)9(12-3)13-4/h7,11H,5-6H2,1-4H3. The molecule has 2 unspecified atom stereocenters. The molecule has 0 saturated heterocycles. The average molecular weight is 218 g/mol. The zero-order valence-corrected chi connectivity index (χ0v) is 10.4. The molecular formula is C10H18OS2. The van der Waals surface area contributed by atoms with Gasteiger partial charge in [-0.15, -0.1) is 23.5 Å². The highest BCUT2D eigenvalue weighted by molar-refractivity contribution is 8.21. The molecule has 1 fully saturated rings. The third-order valence-electron chi connectivity index (χ3n) is 3.02. The van der Waals surface area contributed by atoms with Crippen LogP contribution in [0.2, 0.25) is 0 Å². The van der Waals surface area contributed by atoms with Crippen LogP contribution >= 0.6 is 23.5 Å². The summed E-state index contributed by atoms with van der Waals surface area (Å²) in [5.41, 5.74) is 0.682. The molecule has 1 nitrogen and oxygen atoms in total. The molecule has 13 heavy (non-hydrogen) atoms. The van der Waals surface area contributed by atoms with E-state index in [0.717, 1.165) is 12.8 Å². The van der Waals surface area contributed by atoms with Gasteiger partial charge in [0.1, 0.15) is 0 Å². The van der Waals surface area contributed by atoms with Gasteiger partial charge in [0.25, 0.3) is 0 Å². The van der Waals surface area contributed by atoms with Crippen molar-refractivity contribution in [1.29, 1.82) is 0 Å². The van der Waals surface area contributed by atoms with Gasteiger partial charge in [-0.3, -0.25) is 0 Å². The Morgan fingerprint density at radius 3 is 2.31 bits per heavy atom. The molecule has 3 heteroatoms. The maximum Gasteiger partial charge on any atom is 0.0873 e. The van der Waals surface area contributed by atoms with Crippen LogP contribution in [0.1, 0.15) is 26.7 Å². The lowest BCUT2D eigenvalue weighted by atomic mass is 9.92. The van der Waals surface area contributed by atoms with Gasteiger partial charge in [0.15, 0.2) is 0 Å². The minimum atomic E-state index is -0.568. The van der Waals surface area contributed by atoms with Crippen LogP contribution in [-0.4, -0.2) is 23.2 Å². The predicted octanol–water partition coefficient (Wildman–Crippen LogP) is 3.10. The van der Waals surface area contributed by atoms with E-state index < -0.39 is 5.60 Å². The molecule has 1 N–H and O–H groups in total. The predicted molar refractivity (Wildman–Crippen MR) is 63.1 cm³/mol. The Morgan fingerprint density at radius 1 is 1.46 bits per heavy atom. The maximum atomic E-state index is 10.3. The third-order valence-corrected chi connectivity index (χ3v) is 5.25. The fourth-order valence-electron chi connectivity index (χ4n) is 1.83. The Morgan fingerprint density at radius 2 is 2.00 bits per heavy atom. The lowest BCUT2D eigenvalue weighted by molar-refractivity contribution is 0.0624. The lowest BCUT2D eigenvalue weighted by Gasteiger charge is -2.25. The van der Waals surface area contributed by atoms with Gasteiger partial charge in [-0.1, -0.05) is 6.92 Å². The van der Waals surface area contributed by atoms with E-state index >= 15 is 0 Å². The number of hydrogen-bond donors (Lipinski definition) is 1. The zero-order valence-electron chi connectivity index (χ0n) is 8.76. The summed E-state index contributed by atoms with van der Waals surface area (Å²) >= 11 is 3.51. The highest BCUT2D eigenvalue weighted by Gasteiger charge is 2.39. The Bertz CT molecular complexity index is 215. The molecule has 0 aromatic carbocycles.